The predicted molar refractivity (Wildman–Crippen MR) is 50.0 cm³/mol. The second kappa shape index (κ2) is 4.79. The highest BCUT2D eigenvalue weighted by molar-refractivity contribution is 5.77. The molecular weight excluding hydrogens is 219 g/mol. The second-order valence-electron chi connectivity index (χ2n) is 3.35. The van der Waals surface area contributed by atoms with Crippen molar-refractivity contribution in [3.63, 3.8) is 0 Å². The molecule has 0 saturated carbocycles. The second-order valence-corrected chi connectivity index (χ2v) is 3.35. The van der Waals surface area contributed by atoms with Gasteiger partial charge in [-0.2, -0.15) is 5.26 Å². The van der Waals surface area contributed by atoms with Crippen LogP contribution in [0.3, 0.4) is 0 Å². The van der Waals surface area contributed by atoms with Gasteiger partial charge in [0.1, 0.15) is 5.78 Å². The van der Waals surface area contributed by atoms with Crippen molar-refractivity contribution in [2.24, 2.45) is 0 Å². The Hall–Kier alpha value is -1.83. The molecule has 1 unspecified atom stereocenters. The van der Waals surface area contributed by atoms with E-state index in [2.05, 4.69) is 0 Å². The van der Waals surface area contributed by atoms with E-state index < -0.39 is 23.4 Å². The van der Waals surface area contributed by atoms with Gasteiger partial charge < -0.3 is 0 Å². The Balaban J connectivity index is 3.17. The summed E-state index contributed by atoms with van der Waals surface area (Å²) >= 11 is 0. The number of nitrogens with zero attached hydrogens (tertiary/aromatic N) is 1. The van der Waals surface area contributed by atoms with Crippen molar-refractivity contribution in [2.45, 2.75) is 19.3 Å². The largest absolute Gasteiger partial charge is 0.300 e. The minimum absolute atomic E-state index is 0.224. The van der Waals surface area contributed by atoms with Gasteiger partial charge in [-0.05, 0) is 13.0 Å². The number of hydrogen-bond acceptors (Lipinski definition) is 2. The molecule has 1 atom stereocenters. The average molecular weight is 227 g/mol. The van der Waals surface area contributed by atoms with Gasteiger partial charge in [0, 0.05) is 12.0 Å². The Morgan fingerprint density at radius 3 is 2.50 bits per heavy atom. The minimum atomic E-state index is -1.62. The van der Waals surface area contributed by atoms with E-state index in [0.717, 1.165) is 12.1 Å². The first-order valence-electron chi connectivity index (χ1n) is 4.49. The maximum atomic E-state index is 13.3. The summed E-state index contributed by atoms with van der Waals surface area (Å²) in [7, 11) is 0. The van der Waals surface area contributed by atoms with Crippen molar-refractivity contribution in [1.82, 2.24) is 0 Å². The van der Waals surface area contributed by atoms with E-state index in [1.165, 1.54) is 6.92 Å². The van der Waals surface area contributed by atoms with Crippen molar-refractivity contribution in [1.29, 1.82) is 5.26 Å². The molecule has 0 aliphatic heterocycles. The van der Waals surface area contributed by atoms with Gasteiger partial charge in [-0.3, -0.25) is 4.79 Å². The van der Waals surface area contributed by atoms with Gasteiger partial charge in [-0.15, -0.1) is 0 Å². The Bertz CT molecular complexity index is 465. The first-order valence-corrected chi connectivity index (χ1v) is 4.49. The third-order valence-electron chi connectivity index (χ3n) is 2.09. The van der Waals surface area contributed by atoms with Crippen LogP contribution in [0.2, 0.25) is 0 Å². The van der Waals surface area contributed by atoms with E-state index in [9.17, 15) is 18.0 Å². The van der Waals surface area contributed by atoms with E-state index in [4.69, 9.17) is 5.26 Å². The molecule has 0 amide bonds. The quantitative estimate of drug-likeness (QED) is 0.745. The number of carbonyl (C=O) groups is 1. The molecule has 5 heteroatoms. The lowest BCUT2D eigenvalue weighted by atomic mass is 9.95. The lowest BCUT2D eigenvalue weighted by Gasteiger charge is -2.09. The highest BCUT2D eigenvalue weighted by Crippen LogP contribution is 2.25. The molecular formula is C11H8F3NO. The van der Waals surface area contributed by atoms with E-state index in [-0.39, 0.29) is 17.8 Å². The molecule has 0 saturated heterocycles. The van der Waals surface area contributed by atoms with Gasteiger partial charge in [0.05, 0.1) is 12.0 Å². The molecule has 1 rings (SSSR count). The third-order valence-corrected chi connectivity index (χ3v) is 2.09. The number of halogens is 3. The average Bonchev–Trinajstić information content (AvgIpc) is 2.23. The summed E-state index contributed by atoms with van der Waals surface area (Å²) in [6.45, 7) is 1.24. The van der Waals surface area contributed by atoms with Crippen LogP contribution in [0.25, 0.3) is 0 Å². The van der Waals surface area contributed by atoms with Crippen LogP contribution in [-0.4, -0.2) is 5.78 Å². The number of nitriles is 1. The molecule has 0 bridgehead atoms. The number of Topliss-reactive ketones (excluding diaryl/α,β-unsaturated/α-hetero) is 1. The zero-order valence-corrected chi connectivity index (χ0v) is 8.43. The monoisotopic (exact) mass is 227 g/mol. The summed E-state index contributed by atoms with van der Waals surface area (Å²) < 4.78 is 38.8. The van der Waals surface area contributed by atoms with Crippen LogP contribution in [0.1, 0.15) is 24.8 Å². The van der Waals surface area contributed by atoms with Crippen LogP contribution < -0.4 is 0 Å². The SMILES string of the molecule is CC(=O)CC(C#N)c1ccc(F)c(F)c1F. The highest BCUT2D eigenvalue weighted by atomic mass is 19.2. The summed E-state index contributed by atoms with van der Waals surface area (Å²) in [6.07, 6.45) is -0.224. The van der Waals surface area contributed by atoms with Crippen molar-refractivity contribution in [3.05, 3.63) is 35.1 Å². The molecule has 1 aromatic rings. The minimum Gasteiger partial charge on any atom is -0.300 e. The normalized spacial score (nSPS) is 11.9. The molecule has 0 N–H and O–H groups in total. The molecule has 0 aliphatic rings. The topological polar surface area (TPSA) is 40.9 Å². The molecule has 2 nitrogen and oxygen atoms in total. The number of ketones is 1. The Morgan fingerprint density at radius 2 is 2.00 bits per heavy atom. The summed E-state index contributed by atoms with van der Waals surface area (Å²) in [5, 5.41) is 8.73. The fourth-order valence-corrected chi connectivity index (χ4v) is 1.32. The molecule has 0 spiro atoms. The summed E-state index contributed by atoms with van der Waals surface area (Å²) in [5.74, 6) is -5.77. The maximum absolute atomic E-state index is 13.3. The molecule has 0 aliphatic carbocycles. The van der Waals surface area contributed by atoms with Crippen molar-refractivity contribution >= 4 is 5.78 Å². The van der Waals surface area contributed by atoms with Crippen LogP contribution in [-0.2, 0) is 4.79 Å². The predicted octanol–water partition coefficient (Wildman–Crippen LogP) is 2.69. The molecule has 0 fully saturated rings. The molecule has 1 aromatic carbocycles. The Kier molecular flexibility index (Phi) is 3.67. The van der Waals surface area contributed by atoms with Crippen LogP contribution in [0, 0.1) is 28.8 Å². The fraction of sp³-hybridized carbons (Fsp3) is 0.273. The van der Waals surface area contributed by atoms with E-state index in [1.54, 1.807) is 6.07 Å². The number of hydrogen-bond donors (Lipinski definition) is 0. The molecule has 0 radical (unpaired) electrons. The van der Waals surface area contributed by atoms with Gasteiger partial charge >= 0.3 is 0 Å². The van der Waals surface area contributed by atoms with Crippen LogP contribution in [0.4, 0.5) is 13.2 Å². The van der Waals surface area contributed by atoms with Gasteiger partial charge in [-0.25, -0.2) is 13.2 Å². The van der Waals surface area contributed by atoms with Crippen molar-refractivity contribution in [2.75, 3.05) is 0 Å². The third kappa shape index (κ3) is 2.40. The van der Waals surface area contributed by atoms with Gasteiger partial charge in [0.2, 0.25) is 0 Å². The summed E-state index contributed by atoms with van der Waals surface area (Å²) in [4.78, 5) is 10.8. The lowest BCUT2D eigenvalue weighted by molar-refractivity contribution is -0.117. The first-order chi connectivity index (χ1) is 7.47. The highest BCUT2D eigenvalue weighted by Gasteiger charge is 2.21. The Morgan fingerprint density at radius 1 is 1.38 bits per heavy atom. The van der Waals surface area contributed by atoms with Crippen molar-refractivity contribution < 1.29 is 18.0 Å². The standard InChI is InChI=1S/C11H8F3NO/c1-6(16)4-7(5-15)8-2-3-9(12)11(14)10(8)13/h2-3,7H,4H2,1H3. The lowest BCUT2D eigenvalue weighted by Crippen LogP contribution is -2.06. The van der Waals surface area contributed by atoms with Crippen molar-refractivity contribution in [3.8, 4) is 6.07 Å². The van der Waals surface area contributed by atoms with Gasteiger partial charge in [0.15, 0.2) is 17.5 Å². The van der Waals surface area contributed by atoms with E-state index >= 15 is 0 Å². The van der Waals surface area contributed by atoms with E-state index in [1.807, 2.05) is 0 Å². The number of carbonyl (C=O) groups excluding carboxylic acids is 1. The molecule has 84 valence electrons. The van der Waals surface area contributed by atoms with Gasteiger partial charge in [-0.1, -0.05) is 6.07 Å². The van der Waals surface area contributed by atoms with Crippen LogP contribution in [0.15, 0.2) is 12.1 Å². The smallest absolute Gasteiger partial charge is 0.194 e. The summed E-state index contributed by atoms with van der Waals surface area (Å²) in [6, 6.07) is 3.40. The summed E-state index contributed by atoms with van der Waals surface area (Å²) in [5.41, 5.74) is -0.295. The maximum Gasteiger partial charge on any atom is 0.194 e. The zero-order valence-electron chi connectivity index (χ0n) is 8.43. The fourth-order valence-electron chi connectivity index (χ4n) is 1.32. The van der Waals surface area contributed by atoms with Crippen LogP contribution in [0.5, 0.6) is 0 Å². The van der Waals surface area contributed by atoms with Crippen LogP contribution >= 0.6 is 0 Å². The Labute approximate surface area is 90.3 Å². The first kappa shape index (κ1) is 12.2. The number of benzene rings is 1. The molecule has 0 aromatic heterocycles. The molecule has 0 heterocycles. The molecule has 16 heavy (non-hydrogen) atoms. The number of rotatable bonds is 3. The van der Waals surface area contributed by atoms with Gasteiger partial charge in [0.25, 0.3) is 0 Å². The van der Waals surface area contributed by atoms with E-state index in [0.29, 0.717) is 0 Å². The zero-order chi connectivity index (χ0) is 12.3.